The predicted octanol–water partition coefficient (Wildman–Crippen LogP) is 2.98. The molecule has 2 aliphatic rings. The molecule has 2 fully saturated rings. The maximum atomic E-state index is 12.2. The number of nitrogens with one attached hydrogen (secondary N) is 1. The Balaban J connectivity index is 1.25. The van der Waals surface area contributed by atoms with Crippen molar-refractivity contribution in [2.45, 2.75) is 45.4 Å². The van der Waals surface area contributed by atoms with Gasteiger partial charge in [-0.1, -0.05) is 17.2 Å². The van der Waals surface area contributed by atoms with Crippen molar-refractivity contribution in [3.8, 4) is 0 Å². The number of hydrogen-bond donors (Lipinski definition) is 1. The fraction of sp³-hybridized carbons (Fsp3) is 0.647. The number of amides is 2. The first kappa shape index (κ1) is 16.1. The third kappa shape index (κ3) is 3.67. The molecule has 8 nitrogen and oxygen atoms in total. The second kappa shape index (κ2) is 6.50. The number of carbonyl (C=O) groups excluding carboxylic acids is 1. The quantitative estimate of drug-likeness (QED) is 0.915. The summed E-state index contributed by atoms with van der Waals surface area (Å²) in [6, 6.07) is 1.57. The second-order valence-corrected chi connectivity index (χ2v) is 7.26. The van der Waals surface area contributed by atoms with Crippen LogP contribution in [0.5, 0.6) is 0 Å². The third-order valence-electron chi connectivity index (χ3n) is 5.15. The average Bonchev–Trinajstić information content (AvgIpc) is 2.96. The number of piperidine rings is 1. The standard InChI is InChI=1S/C17H23N5O3/c1-10-7-13(10)16-18-15(25-21-16)9-12-3-5-22(6-4-12)17(23)19-14-8-11(2)20-24-14/h8,10,12-13H,3-7,9H2,1-2H3,(H,19,23). The maximum Gasteiger partial charge on any atom is 0.324 e. The number of aryl methyl sites for hydroxylation is 1. The lowest BCUT2D eigenvalue weighted by molar-refractivity contribution is 0.178. The normalized spacial score (nSPS) is 23.7. The third-order valence-corrected chi connectivity index (χ3v) is 5.15. The lowest BCUT2D eigenvalue weighted by Crippen LogP contribution is -2.41. The van der Waals surface area contributed by atoms with Crippen molar-refractivity contribution in [2.24, 2.45) is 11.8 Å². The van der Waals surface area contributed by atoms with Gasteiger partial charge in [0.25, 0.3) is 0 Å². The number of carbonyl (C=O) groups is 1. The van der Waals surface area contributed by atoms with Crippen LogP contribution in [0.4, 0.5) is 10.7 Å². The van der Waals surface area contributed by atoms with E-state index in [0.29, 0.717) is 36.7 Å². The van der Waals surface area contributed by atoms with Crippen LogP contribution >= 0.6 is 0 Å². The van der Waals surface area contributed by atoms with E-state index in [9.17, 15) is 4.79 Å². The van der Waals surface area contributed by atoms with E-state index in [0.717, 1.165) is 43.1 Å². The van der Waals surface area contributed by atoms with E-state index < -0.39 is 0 Å². The number of rotatable bonds is 4. The number of hydrogen-bond acceptors (Lipinski definition) is 6. The maximum absolute atomic E-state index is 12.2. The molecule has 2 atom stereocenters. The predicted molar refractivity (Wildman–Crippen MR) is 89.1 cm³/mol. The van der Waals surface area contributed by atoms with Gasteiger partial charge >= 0.3 is 6.03 Å². The molecule has 1 aliphatic carbocycles. The van der Waals surface area contributed by atoms with E-state index in [2.05, 4.69) is 27.5 Å². The minimum absolute atomic E-state index is 0.141. The van der Waals surface area contributed by atoms with Crippen molar-refractivity contribution >= 4 is 11.9 Å². The van der Waals surface area contributed by atoms with Crippen molar-refractivity contribution in [3.05, 3.63) is 23.5 Å². The highest BCUT2D eigenvalue weighted by atomic mass is 16.5. The molecule has 2 amide bonds. The smallest absolute Gasteiger partial charge is 0.324 e. The van der Waals surface area contributed by atoms with Gasteiger partial charge in [0.05, 0.1) is 5.69 Å². The molecule has 3 heterocycles. The highest BCUT2D eigenvalue weighted by Crippen LogP contribution is 2.45. The Bertz CT molecular complexity index is 747. The van der Waals surface area contributed by atoms with Gasteiger partial charge in [0.1, 0.15) is 0 Å². The molecule has 134 valence electrons. The summed E-state index contributed by atoms with van der Waals surface area (Å²) in [4.78, 5) is 18.6. The van der Waals surface area contributed by atoms with Crippen molar-refractivity contribution in [3.63, 3.8) is 0 Å². The van der Waals surface area contributed by atoms with Gasteiger partial charge in [-0.3, -0.25) is 5.32 Å². The molecule has 0 bridgehead atoms. The molecular weight excluding hydrogens is 322 g/mol. The summed E-state index contributed by atoms with van der Waals surface area (Å²) in [6.07, 6.45) is 3.82. The van der Waals surface area contributed by atoms with Crippen LogP contribution in [0.25, 0.3) is 0 Å². The molecule has 2 aromatic rings. The van der Waals surface area contributed by atoms with Crippen molar-refractivity contribution < 1.29 is 13.8 Å². The van der Waals surface area contributed by atoms with Gasteiger partial charge < -0.3 is 13.9 Å². The molecule has 0 aromatic carbocycles. The largest absolute Gasteiger partial charge is 0.339 e. The fourth-order valence-corrected chi connectivity index (χ4v) is 3.38. The number of anilines is 1. The van der Waals surface area contributed by atoms with Crippen molar-refractivity contribution in [2.75, 3.05) is 18.4 Å². The van der Waals surface area contributed by atoms with Crippen LogP contribution in [-0.4, -0.2) is 39.3 Å². The van der Waals surface area contributed by atoms with E-state index in [1.165, 1.54) is 0 Å². The van der Waals surface area contributed by atoms with Gasteiger partial charge in [0.2, 0.25) is 11.8 Å². The monoisotopic (exact) mass is 345 g/mol. The lowest BCUT2D eigenvalue weighted by Gasteiger charge is -2.31. The van der Waals surface area contributed by atoms with Gasteiger partial charge in [-0.25, -0.2) is 4.79 Å². The Morgan fingerprint density at radius 3 is 2.72 bits per heavy atom. The summed E-state index contributed by atoms with van der Waals surface area (Å²) in [5.74, 6) is 3.62. The van der Waals surface area contributed by atoms with Gasteiger partial charge in [-0.2, -0.15) is 4.98 Å². The number of urea groups is 1. The molecule has 1 N–H and O–H groups in total. The summed E-state index contributed by atoms with van der Waals surface area (Å²) in [7, 11) is 0. The molecule has 25 heavy (non-hydrogen) atoms. The lowest BCUT2D eigenvalue weighted by atomic mass is 9.94. The van der Waals surface area contributed by atoms with Crippen LogP contribution in [-0.2, 0) is 6.42 Å². The zero-order chi connectivity index (χ0) is 17.4. The number of aromatic nitrogens is 3. The SMILES string of the molecule is Cc1cc(NC(=O)N2CCC(Cc3nc(C4CC4C)no3)CC2)on1. The topological polar surface area (TPSA) is 97.3 Å². The average molecular weight is 345 g/mol. The summed E-state index contributed by atoms with van der Waals surface area (Å²) in [5.41, 5.74) is 0.744. The Hall–Kier alpha value is -2.38. The Morgan fingerprint density at radius 2 is 2.08 bits per heavy atom. The second-order valence-electron chi connectivity index (χ2n) is 7.26. The van der Waals surface area contributed by atoms with Crippen LogP contribution in [0, 0.1) is 18.8 Å². The molecule has 1 aliphatic heterocycles. The van der Waals surface area contributed by atoms with Gasteiger partial charge in [0, 0.05) is 31.5 Å². The molecule has 2 aromatic heterocycles. The summed E-state index contributed by atoms with van der Waals surface area (Å²) in [6.45, 7) is 5.45. The van der Waals surface area contributed by atoms with Gasteiger partial charge in [-0.05, 0) is 38.0 Å². The van der Waals surface area contributed by atoms with Crippen LogP contribution in [0.2, 0.25) is 0 Å². The molecule has 0 spiro atoms. The van der Waals surface area contributed by atoms with E-state index in [1.54, 1.807) is 11.0 Å². The van der Waals surface area contributed by atoms with Crippen molar-refractivity contribution in [1.29, 1.82) is 0 Å². The summed E-state index contributed by atoms with van der Waals surface area (Å²) < 4.78 is 10.4. The minimum atomic E-state index is -0.141. The van der Waals surface area contributed by atoms with E-state index in [-0.39, 0.29) is 6.03 Å². The molecule has 4 rings (SSSR count). The van der Waals surface area contributed by atoms with Crippen LogP contribution in [0.3, 0.4) is 0 Å². The van der Waals surface area contributed by atoms with Gasteiger partial charge in [-0.15, -0.1) is 0 Å². The number of likely N-dealkylation sites (tertiary alicyclic amines) is 1. The van der Waals surface area contributed by atoms with Crippen LogP contribution < -0.4 is 5.32 Å². The highest BCUT2D eigenvalue weighted by molar-refractivity contribution is 5.87. The van der Waals surface area contributed by atoms with Crippen LogP contribution in [0.15, 0.2) is 15.1 Å². The molecule has 2 unspecified atom stereocenters. The first-order valence-corrected chi connectivity index (χ1v) is 8.90. The first-order chi connectivity index (χ1) is 12.1. The molecule has 8 heteroatoms. The fourth-order valence-electron chi connectivity index (χ4n) is 3.38. The Labute approximate surface area is 145 Å². The molecule has 0 radical (unpaired) electrons. The first-order valence-electron chi connectivity index (χ1n) is 8.90. The Morgan fingerprint density at radius 1 is 1.32 bits per heavy atom. The number of nitrogens with zero attached hydrogens (tertiary/aromatic N) is 4. The van der Waals surface area contributed by atoms with Gasteiger partial charge in [0.15, 0.2) is 5.82 Å². The Kier molecular flexibility index (Phi) is 4.19. The minimum Gasteiger partial charge on any atom is -0.339 e. The zero-order valence-corrected chi connectivity index (χ0v) is 14.6. The van der Waals surface area contributed by atoms with Crippen molar-refractivity contribution in [1.82, 2.24) is 20.2 Å². The molecule has 1 saturated carbocycles. The van der Waals surface area contributed by atoms with Crippen LogP contribution in [0.1, 0.15) is 49.5 Å². The molecule has 1 saturated heterocycles. The summed E-state index contributed by atoms with van der Waals surface area (Å²) >= 11 is 0. The highest BCUT2D eigenvalue weighted by Gasteiger charge is 2.38. The van der Waals surface area contributed by atoms with E-state index in [1.807, 2.05) is 6.92 Å². The summed E-state index contributed by atoms with van der Waals surface area (Å²) in [5, 5.41) is 10.6. The molecular formula is C17H23N5O3. The zero-order valence-electron chi connectivity index (χ0n) is 14.6. The van der Waals surface area contributed by atoms with E-state index >= 15 is 0 Å². The van der Waals surface area contributed by atoms with E-state index in [4.69, 9.17) is 9.05 Å².